The van der Waals surface area contributed by atoms with Gasteiger partial charge < -0.3 is 19.9 Å². The molecule has 120 valence electrons. The maximum absolute atomic E-state index is 12.1. The van der Waals surface area contributed by atoms with Gasteiger partial charge in [-0.1, -0.05) is 18.2 Å². The molecule has 1 fully saturated rings. The van der Waals surface area contributed by atoms with Crippen LogP contribution in [0.1, 0.15) is 10.4 Å². The molecule has 0 bridgehead atoms. The number of anilines is 1. The van der Waals surface area contributed by atoms with E-state index < -0.39 is 17.6 Å². The molecule has 0 saturated carbocycles. The zero-order valence-corrected chi connectivity index (χ0v) is 12.2. The van der Waals surface area contributed by atoms with Crippen molar-refractivity contribution in [1.29, 1.82) is 0 Å². The molecule has 1 aliphatic heterocycles. The van der Waals surface area contributed by atoms with Gasteiger partial charge in [0.2, 0.25) is 0 Å². The molecule has 0 amide bonds. The third-order valence-electron chi connectivity index (χ3n) is 3.33. The van der Waals surface area contributed by atoms with Gasteiger partial charge in [-0.15, -0.1) is 0 Å². The molecule has 1 aliphatic rings. The number of nitrogens with two attached hydrogens (primary N) is 1. The summed E-state index contributed by atoms with van der Waals surface area (Å²) in [7, 11) is 0. The van der Waals surface area contributed by atoms with Crippen LogP contribution in [0.4, 0.5) is 5.82 Å². The molecule has 23 heavy (non-hydrogen) atoms. The highest BCUT2D eigenvalue weighted by molar-refractivity contribution is 5.89. The van der Waals surface area contributed by atoms with Crippen molar-refractivity contribution in [2.24, 2.45) is 0 Å². The molecule has 3 rings (SSSR count). The monoisotopic (exact) mass is 317 g/mol. The average Bonchev–Trinajstić information content (AvgIpc) is 3.03. The summed E-state index contributed by atoms with van der Waals surface area (Å²) in [6.07, 6.45) is 1.40. The van der Waals surface area contributed by atoms with Gasteiger partial charge in [-0.05, 0) is 18.2 Å². The van der Waals surface area contributed by atoms with Gasteiger partial charge in [0.05, 0.1) is 18.8 Å². The smallest absolute Gasteiger partial charge is 0.353 e. The van der Waals surface area contributed by atoms with Gasteiger partial charge in [0, 0.05) is 6.20 Å². The molecule has 0 spiro atoms. The van der Waals surface area contributed by atoms with Crippen molar-refractivity contribution in [3.05, 3.63) is 58.6 Å². The fourth-order valence-electron chi connectivity index (χ4n) is 2.23. The van der Waals surface area contributed by atoms with E-state index in [9.17, 15) is 9.59 Å². The van der Waals surface area contributed by atoms with E-state index in [-0.39, 0.29) is 25.6 Å². The van der Waals surface area contributed by atoms with E-state index in [0.29, 0.717) is 5.56 Å². The lowest BCUT2D eigenvalue weighted by molar-refractivity contribution is -0.247. The molecule has 0 atom stereocenters. The fourth-order valence-corrected chi connectivity index (χ4v) is 2.23. The first-order valence-electron chi connectivity index (χ1n) is 6.96. The Morgan fingerprint density at radius 1 is 1.26 bits per heavy atom. The van der Waals surface area contributed by atoms with Crippen molar-refractivity contribution >= 4 is 11.8 Å². The second-order valence-electron chi connectivity index (χ2n) is 4.86. The minimum absolute atomic E-state index is 0.0840. The van der Waals surface area contributed by atoms with Gasteiger partial charge in [0.1, 0.15) is 5.82 Å². The highest BCUT2D eigenvalue weighted by Gasteiger charge is 2.41. The van der Waals surface area contributed by atoms with Crippen LogP contribution in [-0.2, 0) is 20.1 Å². The number of carbonyl (C=O) groups excluding carboxylic acids is 1. The Morgan fingerprint density at radius 2 is 1.96 bits per heavy atom. The Hall–Kier alpha value is -2.71. The van der Waals surface area contributed by atoms with Crippen LogP contribution >= 0.6 is 0 Å². The van der Waals surface area contributed by atoms with Crippen molar-refractivity contribution in [3.63, 3.8) is 0 Å². The number of ether oxygens (including phenoxy) is 3. The van der Waals surface area contributed by atoms with Crippen molar-refractivity contribution < 1.29 is 19.0 Å². The minimum atomic E-state index is -1.53. The highest BCUT2D eigenvalue weighted by Crippen LogP contribution is 2.24. The molecule has 2 N–H and O–H groups in total. The number of nitrogen functional groups attached to an aromatic ring is 1. The Labute approximate surface area is 131 Å². The Kier molecular flexibility index (Phi) is 4.09. The molecule has 1 aromatic heterocycles. The zero-order chi connectivity index (χ0) is 16.3. The van der Waals surface area contributed by atoms with Crippen molar-refractivity contribution in [3.8, 4) is 0 Å². The number of aromatic nitrogens is 2. The van der Waals surface area contributed by atoms with E-state index in [4.69, 9.17) is 19.9 Å². The van der Waals surface area contributed by atoms with Gasteiger partial charge in [-0.2, -0.15) is 4.98 Å². The van der Waals surface area contributed by atoms with Gasteiger partial charge in [-0.3, -0.25) is 0 Å². The van der Waals surface area contributed by atoms with Crippen LogP contribution in [-0.4, -0.2) is 35.3 Å². The summed E-state index contributed by atoms with van der Waals surface area (Å²) in [5, 5.41) is 0. The van der Waals surface area contributed by atoms with E-state index in [2.05, 4.69) is 4.98 Å². The largest absolute Gasteiger partial charge is 0.454 e. The molecule has 0 aliphatic carbocycles. The SMILES string of the molecule is Nc1ccn(C2(COC(=O)c3ccccc3)OCCO2)c(=O)n1. The number of benzene rings is 1. The van der Waals surface area contributed by atoms with Gasteiger partial charge in [0.15, 0.2) is 6.61 Å². The van der Waals surface area contributed by atoms with Gasteiger partial charge in [0.25, 0.3) is 5.91 Å². The molecular weight excluding hydrogens is 302 g/mol. The van der Waals surface area contributed by atoms with Crippen LogP contribution in [0.25, 0.3) is 0 Å². The Balaban J connectivity index is 1.82. The van der Waals surface area contributed by atoms with Crippen molar-refractivity contribution in [2.75, 3.05) is 25.6 Å². The molecule has 0 radical (unpaired) electrons. The van der Waals surface area contributed by atoms with Crippen LogP contribution in [0.3, 0.4) is 0 Å². The number of carbonyl (C=O) groups is 1. The predicted octanol–water partition coefficient (Wildman–Crippen LogP) is 0.340. The molecule has 8 heteroatoms. The quantitative estimate of drug-likeness (QED) is 0.810. The second kappa shape index (κ2) is 6.19. The third kappa shape index (κ3) is 3.08. The summed E-state index contributed by atoms with van der Waals surface area (Å²) in [4.78, 5) is 27.7. The molecule has 2 heterocycles. The van der Waals surface area contributed by atoms with E-state index in [1.807, 2.05) is 0 Å². The normalized spacial score (nSPS) is 16.2. The number of hydrogen-bond acceptors (Lipinski definition) is 7. The van der Waals surface area contributed by atoms with Crippen LogP contribution in [0, 0.1) is 0 Å². The highest BCUT2D eigenvalue weighted by atomic mass is 16.8. The summed E-state index contributed by atoms with van der Waals surface area (Å²) in [5.74, 6) is -1.98. The summed E-state index contributed by atoms with van der Waals surface area (Å²) >= 11 is 0. The van der Waals surface area contributed by atoms with Crippen molar-refractivity contribution in [2.45, 2.75) is 5.91 Å². The van der Waals surface area contributed by atoms with E-state index >= 15 is 0 Å². The zero-order valence-electron chi connectivity index (χ0n) is 12.2. The number of hydrogen-bond donors (Lipinski definition) is 1. The summed E-state index contributed by atoms with van der Waals surface area (Å²) in [6, 6.07) is 9.94. The van der Waals surface area contributed by atoms with Gasteiger partial charge in [-0.25, -0.2) is 14.2 Å². The summed E-state index contributed by atoms with van der Waals surface area (Å²) in [6.45, 7) is 0.242. The topological polar surface area (TPSA) is 106 Å². The molecule has 2 aromatic rings. The predicted molar refractivity (Wildman–Crippen MR) is 79.5 cm³/mol. The second-order valence-corrected chi connectivity index (χ2v) is 4.86. The number of esters is 1. The van der Waals surface area contributed by atoms with Crippen LogP contribution in [0.5, 0.6) is 0 Å². The van der Waals surface area contributed by atoms with Crippen LogP contribution in [0.2, 0.25) is 0 Å². The number of nitrogens with zero attached hydrogens (tertiary/aromatic N) is 2. The Bertz CT molecular complexity index is 753. The lowest BCUT2D eigenvalue weighted by atomic mass is 10.2. The van der Waals surface area contributed by atoms with E-state index in [0.717, 1.165) is 4.57 Å². The first kappa shape index (κ1) is 15.2. The molecule has 1 saturated heterocycles. The molecule has 0 unspecified atom stereocenters. The standard InChI is InChI=1S/C15H15N3O5/c16-12-6-7-18(14(20)17-12)15(22-8-9-23-15)10-21-13(19)11-4-2-1-3-5-11/h1-7H,8-10H2,(H2,16,17,20). The Morgan fingerprint density at radius 3 is 2.61 bits per heavy atom. The van der Waals surface area contributed by atoms with Crippen LogP contribution < -0.4 is 11.4 Å². The van der Waals surface area contributed by atoms with Gasteiger partial charge >= 0.3 is 11.7 Å². The third-order valence-corrected chi connectivity index (χ3v) is 3.33. The van der Waals surface area contributed by atoms with E-state index in [1.54, 1.807) is 30.3 Å². The first-order chi connectivity index (χ1) is 11.1. The summed E-state index contributed by atoms with van der Waals surface area (Å²) in [5.41, 5.74) is 5.22. The molecule has 8 nitrogen and oxygen atoms in total. The summed E-state index contributed by atoms with van der Waals surface area (Å²) < 4.78 is 17.4. The van der Waals surface area contributed by atoms with Crippen molar-refractivity contribution in [1.82, 2.24) is 9.55 Å². The first-order valence-corrected chi connectivity index (χ1v) is 6.96. The lowest BCUT2D eigenvalue weighted by Gasteiger charge is -2.28. The minimum Gasteiger partial charge on any atom is -0.454 e. The lowest BCUT2D eigenvalue weighted by Crippen LogP contribution is -2.47. The maximum atomic E-state index is 12.1. The van der Waals surface area contributed by atoms with E-state index in [1.165, 1.54) is 12.3 Å². The number of rotatable bonds is 4. The average molecular weight is 317 g/mol. The fraction of sp³-hybridized carbons (Fsp3) is 0.267. The maximum Gasteiger partial charge on any atom is 0.353 e. The van der Waals surface area contributed by atoms with Crippen LogP contribution in [0.15, 0.2) is 47.4 Å². The molecular formula is C15H15N3O5. The molecule has 1 aromatic carbocycles.